The lowest BCUT2D eigenvalue weighted by Gasteiger charge is -2.38. The predicted octanol–water partition coefficient (Wildman–Crippen LogP) is 3.83. The van der Waals surface area contributed by atoms with Crippen LogP contribution in [0.1, 0.15) is 77.9 Å². The van der Waals surface area contributed by atoms with Crippen molar-refractivity contribution < 1.29 is 14.3 Å². The molecule has 0 fully saturated rings. The molecule has 6 nitrogen and oxygen atoms in total. The summed E-state index contributed by atoms with van der Waals surface area (Å²) in [5, 5.41) is 0.685. The maximum absolute atomic E-state index is 12.9. The first-order valence-corrected chi connectivity index (χ1v) is 10.1. The maximum atomic E-state index is 12.9. The molecule has 150 valence electrons. The van der Waals surface area contributed by atoms with Crippen LogP contribution in [-0.4, -0.2) is 50.2 Å². The topological polar surface area (TPSA) is 72.4 Å². The van der Waals surface area contributed by atoms with Crippen molar-refractivity contribution in [1.82, 2.24) is 14.9 Å². The molecule has 1 amide bonds. The number of hydrogen-bond acceptors (Lipinski definition) is 6. The van der Waals surface area contributed by atoms with Gasteiger partial charge in [-0.15, -0.1) is 0 Å². The molecule has 0 aromatic carbocycles. The van der Waals surface area contributed by atoms with Crippen molar-refractivity contribution in [2.24, 2.45) is 0 Å². The molecule has 0 atom stereocenters. The zero-order valence-electron chi connectivity index (χ0n) is 17.7. The van der Waals surface area contributed by atoms with E-state index in [1.165, 1.54) is 0 Å². The van der Waals surface area contributed by atoms with Crippen molar-refractivity contribution in [3.8, 4) is 0 Å². The van der Waals surface area contributed by atoms with E-state index in [1.807, 2.05) is 20.8 Å². The molecule has 1 aromatic rings. The van der Waals surface area contributed by atoms with Gasteiger partial charge in [0.2, 0.25) is 0 Å². The summed E-state index contributed by atoms with van der Waals surface area (Å²) in [6.07, 6.45) is 1.80. The summed E-state index contributed by atoms with van der Waals surface area (Å²) in [7, 11) is 0. The van der Waals surface area contributed by atoms with E-state index in [4.69, 9.17) is 9.72 Å². The number of carbonyl (C=O) groups excluding carboxylic acids is 2. The van der Waals surface area contributed by atoms with Gasteiger partial charge in [-0.25, -0.2) is 9.97 Å². The lowest BCUT2D eigenvalue weighted by Crippen LogP contribution is -2.48. The van der Waals surface area contributed by atoms with E-state index >= 15 is 0 Å². The van der Waals surface area contributed by atoms with E-state index in [-0.39, 0.29) is 28.5 Å². The van der Waals surface area contributed by atoms with Crippen LogP contribution >= 0.6 is 11.8 Å². The van der Waals surface area contributed by atoms with Gasteiger partial charge in [-0.3, -0.25) is 9.59 Å². The van der Waals surface area contributed by atoms with Crippen LogP contribution < -0.4 is 0 Å². The minimum absolute atomic E-state index is 0.00347. The number of thioether (sulfide) groups is 1. The Hall–Kier alpha value is -1.63. The fourth-order valence-corrected chi connectivity index (χ4v) is 3.74. The summed E-state index contributed by atoms with van der Waals surface area (Å²) >= 11 is 1.59. The fraction of sp³-hybridized carbons (Fsp3) is 0.700. The van der Waals surface area contributed by atoms with Crippen LogP contribution in [0.15, 0.2) is 11.4 Å². The molecule has 0 unspecified atom stereocenters. The lowest BCUT2D eigenvalue weighted by molar-refractivity contribution is -0.155. The normalized spacial score (nSPS) is 16.9. The van der Waals surface area contributed by atoms with Gasteiger partial charge in [0.25, 0.3) is 5.91 Å². The number of nitrogens with zero attached hydrogens (tertiary/aromatic N) is 3. The molecule has 0 aliphatic carbocycles. The van der Waals surface area contributed by atoms with E-state index in [1.54, 1.807) is 22.9 Å². The molecular formula is C20H31N3O3S. The summed E-state index contributed by atoms with van der Waals surface area (Å²) in [6.45, 7) is 16.8. The third-order valence-corrected chi connectivity index (χ3v) is 4.91. The molecular weight excluding hydrogens is 362 g/mol. The number of hydrogen-bond donors (Lipinski definition) is 0. The number of ether oxygens (including phenoxy) is 1. The number of rotatable bonds is 4. The molecule has 2 heterocycles. The quantitative estimate of drug-likeness (QED) is 0.440. The van der Waals surface area contributed by atoms with Crippen molar-refractivity contribution in [1.29, 1.82) is 0 Å². The number of carbonyl (C=O) groups is 2. The summed E-state index contributed by atoms with van der Waals surface area (Å²) in [5.74, 6) is -0.424. The fourth-order valence-electron chi connectivity index (χ4n) is 2.95. The summed E-state index contributed by atoms with van der Waals surface area (Å²) in [6, 6.07) is 0. The predicted molar refractivity (Wildman–Crippen MR) is 107 cm³/mol. The van der Waals surface area contributed by atoms with Crippen LogP contribution in [0.25, 0.3) is 0 Å². The highest BCUT2D eigenvalue weighted by Crippen LogP contribution is 2.35. The molecule has 0 spiro atoms. The summed E-state index contributed by atoms with van der Waals surface area (Å²) in [4.78, 5) is 35.7. The third-order valence-electron chi connectivity index (χ3n) is 3.91. The maximum Gasteiger partial charge on any atom is 0.308 e. The molecule has 27 heavy (non-hydrogen) atoms. The van der Waals surface area contributed by atoms with Crippen LogP contribution in [0.3, 0.4) is 0 Å². The molecule has 0 saturated heterocycles. The van der Waals surface area contributed by atoms with Gasteiger partial charge in [0.15, 0.2) is 5.16 Å². The zero-order valence-corrected chi connectivity index (χ0v) is 18.5. The largest absolute Gasteiger partial charge is 0.460 e. The van der Waals surface area contributed by atoms with E-state index in [9.17, 15) is 9.59 Å². The van der Waals surface area contributed by atoms with Crippen molar-refractivity contribution in [3.63, 3.8) is 0 Å². The standard InChI is InChI=1S/C20H31N3O3S/c1-18(2,3)26-14(24)9-10-23-12-20(7,8)15-13(16(23)25)11-21-17(22-15)27-19(4,5)6/h11H,9-10,12H2,1-8H3. The van der Waals surface area contributed by atoms with Gasteiger partial charge in [0.05, 0.1) is 17.7 Å². The number of esters is 1. The second-order valence-electron chi connectivity index (χ2n) is 9.58. The molecule has 1 aliphatic heterocycles. The minimum atomic E-state index is -0.524. The van der Waals surface area contributed by atoms with Gasteiger partial charge in [0, 0.05) is 29.4 Å². The van der Waals surface area contributed by atoms with Gasteiger partial charge in [-0.2, -0.15) is 0 Å². The van der Waals surface area contributed by atoms with Crippen molar-refractivity contribution >= 4 is 23.6 Å². The Morgan fingerprint density at radius 1 is 1.26 bits per heavy atom. The summed E-state index contributed by atoms with van der Waals surface area (Å²) < 4.78 is 5.34. The second kappa shape index (κ2) is 7.41. The monoisotopic (exact) mass is 393 g/mol. The van der Waals surface area contributed by atoms with Crippen molar-refractivity contribution in [3.05, 3.63) is 17.5 Å². The van der Waals surface area contributed by atoms with E-state index in [0.29, 0.717) is 23.8 Å². The van der Waals surface area contributed by atoms with Crippen LogP contribution in [-0.2, 0) is 14.9 Å². The van der Waals surface area contributed by atoms with Crippen LogP contribution in [0.2, 0.25) is 0 Å². The minimum Gasteiger partial charge on any atom is -0.460 e. The first-order chi connectivity index (χ1) is 12.2. The first-order valence-electron chi connectivity index (χ1n) is 9.26. The first kappa shape index (κ1) is 21.7. The molecule has 1 aliphatic rings. The molecule has 1 aromatic heterocycles. The van der Waals surface area contributed by atoms with E-state index in [0.717, 1.165) is 5.69 Å². The van der Waals surface area contributed by atoms with Gasteiger partial charge in [-0.05, 0) is 20.8 Å². The third kappa shape index (κ3) is 5.92. The smallest absolute Gasteiger partial charge is 0.308 e. The average molecular weight is 394 g/mol. The van der Waals surface area contributed by atoms with Crippen LogP contribution in [0, 0.1) is 0 Å². The van der Waals surface area contributed by atoms with Crippen molar-refractivity contribution in [2.75, 3.05) is 13.1 Å². The SMILES string of the molecule is CC(C)(C)OC(=O)CCN1CC(C)(C)c2nc(SC(C)(C)C)ncc2C1=O. The van der Waals surface area contributed by atoms with Crippen LogP contribution in [0.5, 0.6) is 0 Å². The van der Waals surface area contributed by atoms with Crippen LogP contribution in [0.4, 0.5) is 0 Å². The molecule has 7 heteroatoms. The second-order valence-corrected chi connectivity index (χ2v) is 11.4. The zero-order chi connectivity index (χ0) is 20.6. The summed E-state index contributed by atoms with van der Waals surface area (Å²) in [5.41, 5.74) is 0.466. The number of amides is 1. The molecule has 0 saturated carbocycles. The number of aromatic nitrogens is 2. The molecule has 0 N–H and O–H groups in total. The van der Waals surface area contributed by atoms with Gasteiger partial charge in [0.1, 0.15) is 5.60 Å². The Balaban J connectivity index is 2.18. The van der Waals surface area contributed by atoms with Crippen molar-refractivity contribution in [2.45, 2.75) is 82.7 Å². The average Bonchev–Trinajstić information content (AvgIpc) is 2.46. The molecule has 0 radical (unpaired) electrons. The van der Waals surface area contributed by atoms with E-state index in [2.05, 4.69) is 39.6 Å². The highest BCUT2D eigenvalue weighted by molar-refractivity contribution is 8.00. The molecule has 0 bridgehead atoms. The Kier molecular flexibility index (Phi) is 5.95. The Labute approximate surface area is 166 Å². The van der Waals surface area contributed by atoms with Gasteiger partial charge >= 0.3 is 5.97 Å². The Bertz CT molecular complexity index is 733. The Morgan fingerprint density at radius 3 is 2.44 bits per heavy atom. The highest BCUT2D eigenvalue weighted by Gasteiger charge is 2.39. The number of fused-ring (bicyclic) bond motifs is 1. The van der Waals surface area contributed by atoms with Gasteiger partial charge < -0.3 is 9.64 Å². The van der Waals surface area contributed by atoms with Gasteiger partial charge in [-0.1, -0.05) is 46.4 Å². The Morgan fingerprint density at radius 2 is 1.89 bits per heavy atom. The van der Waals surface area contributed by atoms with E-state index < -0.39 is 5.60 Å². The highest BCUT2D eigenvalue weighted by atomic mass is 32.2. The lowest BCUT2D eigenvalue weighted by atomic mass is 9.82. The molecule has 2 rings (SSSR count).